The maximum atomic E-state index is 5.40. The molecule has 0 fully saturated rings. The summed E-state index contributed by atoms with van der Waals surface area (Å²) in [4.78, 5) is 17.5. The van der Waals surface area contributed by atoms with Crippen molar-refractivity contribution < 1.29 is 21.2 Å². The number of nitrogens with zero attached hydrogens (tertiary/aromatic N) is 2. The molecule has 1 aromatic carbocycles. The minimum absolute atomic E-state index is 0. The first-order chi connectivity index (χ1) is 18.5. The van der Waals surface area contributed by atoms with E-state index in [1.165, 1.54) is 22.3 Å². The average molecular weight is 559 g/mol. The number of hydrogen-bond acceptors (Lipinski definition) is 3. The summed E-state index contributed by atoms with van der Waals surface area (Å²) in [5.41, 5.74) is 15.3. The molecule has 6 heteroatoms. The number of fused-ring (bicyclic) bond motifs is 8. The SMILES string of the molecule is CCC1=C(C)c2cc3ccc([nH]3)c(-c3ccc(OC)cc3)c3nc(cc4[nH]c(cc1n2)c(CC)c4C)C=C3.[Ni]. The molecule has 0 atom stereocenters. The summed E-state index contributed by atoms with van der Waals surface area (Å²) in [5.74, 6) is 0.828. The van der Waals surface area contributed by atoms with Crippen LogP contribution in [0.3, 0.4) is 0 Å². The van der Waals surface area contributed by atoms with Gasteiger partial charge in [-0.25, -0.2) is 9.97 Å². The third kappa shape index (κ3) is 4.74. The van der Waals surface area contributed by atoms with Crippen LogP contribution in [-0.2, 0) is 22.9 Å². The molecule has 0 saturated heterocycles. The van der Waals surface area contributed by atoms with Crippen LogP contribution in [0.4, 0.5) is 0 Å². The van der Waals surface area contributed by atoms with Crippen LogP contribution in [0.2, 0.25) is 0 Å². The summed E-state index contributed by atoms with van der Waals surface area (Å²) in [6.45, 7) is 8.78. The molecule has 39 heavy (non-hydrogen) atoms. The van der Waals surface area contributed by atoms with E-state index in [4.69, 9.17) is 14.7 Å². The number of methoxy groups -OCH3 is 1. The minimum Gasteiger partial charge on any atom is -0.497 e. The van der Waals surface area contributed by atoms with E-state index in [2.05, 4.69) is 92.3 Å². The Morgan fingerprint density at radius 2 is 1.56 bits per heavy atom. The van der Waals surface area contributed by atoms with E-state index >= 15 is 0 Å². The van der Waals surface area contributed by atoms with Gasteiger partial charge in [0.1, 0.15) is 5.75 Å². The van der Waals surface area contributed by atoms with Crippen molar-refractivity contribution in [3.63, 3.8) is 0 Å². The number of benzene rings is 1. The van der Waals surface area contributed by atoms with Gasteiger partial charge in [0.2, 0.25) is 0 Å². The molecule has 0 radical (unpaired) electrons. The first-order valence-electron chi connectivity index (χ1n) is 13.3. The Balaban J connectivity index is 0.00000308. The van der Waals surface area contributed by atoms with Gasteiger partial charge in [0.05, 0.1) is 29.9 Å². The van der Waals surface area contributed by atoms with Crippen LogP contribution >= 0.6 is 0 Å². The van der Waals surface area contributed by atoms with Crippen molar-refractivity contribution in [3.05, 3.63) is 88.5 Å². The van der Waals surface area contributed by atoms with E-state index in [0.717, 1.165) is 74.6 Å². The van der Waals surface area contributed by atoms with Crippen molar-refractivity contribution in [2.75, 3.05) is 7.11 Å². The fraction of sp³-hybridized carbons (Fsp3) is 0.212. The van der Waals surface area contributed by atoms with Crippen LogP contribution in [0.25, 0.3) is 56.5 Å². The Kier molecular flexibility index (Phi) is 7.33. The fourth-order valence-corrected chi connectivity index (χ4v) is 5.61. The Hall–Kier alpha value is -3.89. The second kappa shape index (κ2) is 10.7. The van der Waals surface area contributed by atoms with Gasteiger partial charge in [-0.05, 0) is 109 Å². The quantitative estimate of drug-likeness (QED) is 0.218. The van der Waals surface area contributed by atoms with E-state index in [1.807, 2.05) is 12.1 Å². The number of hydrogen-bond donors (Lipinski definition) is 2. The van der Waals surface area contributed by atoms with Crippen molar-refractivity contribution >= 4 is 45.4 Å². The van der Waals surface area contributed by atoms with Crippen molar-refractivity contribution in [2.45, 2.75) is 40.5 Å². The molecule has 4 aromatic rings. The molecule has 0 amide bonds. The topological polar surface area (TPSA) is 66.6 Å². The monoisotopic (exact) mass is 558 g/mol. The van der Waals surface area contributed by atoms with Gasteiger partial charge in [-0.1, -0.05) is 26.0 Å². The van der Waals surface area contributed by atoms with E-state index in [0.29, 0.717) is 0 Å². The third-order valence-corrected chi connectivity index (χ3v) is 7.68. The first kappa shape index (κ1) is 26.7. The number of aromatic nitrogens is 4. The molecule has 0 unspecified atom stereocenters. The summed E-state index contributed by atoms with van der Waals surface area (Å²) in [5, 5.41) is 0. The number of ether oxygens (including phenoxy) is 1. The summed E-state index contributed by atoms with van der Waals surface area (Å²) in [7, 11) is 1.69. The number of rotatable bonds is 4. The van der Waals surface area contributed by atoms with E-state index in [-0.39, 0.29) is 16.5 Å². The van der Waals surface area contributed by atoms with Gasteiger partial charge in [0.25, 0.3) is 0 Å². The Morgan fingerprint density at radius 3 is 2.28 bits per heavy atom. The van der Waals surface area contributed by atoms with Crippen LogP contribution in [-0.4, -0.2) is 27.0 Å². The molecular formula is C33H32N4NiO. The smallest absolute Gasteiger partial charge is 0.118 e. The molecule has 2 aliphatic rings. The van der Waals surface area contributed by atoms with Crippen LogP contribution in [0.5, 0.6) is 5.75 Å². The molecule has 2 N–H and O–H groups in total. The number of allylic oxidation sites excluding steroid dienone is 2. The van der Waals surface area contributed by atoms with Crippen LogP contribution < -0.4 is 4.74 Å². The second-order valence-corrected chi connectivity index (χ2v) is 9.87. The Bertz CT molecular complexity index is 1790. The van der Waals surface area contributed by atoms with Gasteiger partial charge >= 0.3 is 0 Å². The maximum absolute atomic E-state index is 5.40. The van der Waals surface area contributed by atoms with Crippen LogP contribution in [0, 0.1) is 6.92 Å². The Labute approximate surface area is 239 Å². The zero-order valence-electron chi connectivity index (χ0n) is 22.9. The number of nitrogens with one attached hydrogen (secondary N) is 2. The minimum atomic E-state index is 0. The van der Waals surface area contributed by atoms with E-state index in [9.17, 15) is 0 Å². The van der Waals surface area contributed by atoms with E-state index < -0.39 is 0 Å². The van der Waals surface area contributed by atoms with Gasteiger partial charge in [-0.3, -0.25) is 0 Å². The molecule has 2 aliphatic heterocycles. The molecule has 200 valence electrons. The number of H-pyrrole nitrogens is 2. The second-order valence-electron chi connectivity index (χ2n) is 9.87. The van der Waals surface area contributed by atoms with Crippen molar-refractivity contribution in [1.29, 1.82) is 0 Å². The van der Waals surface area contributed by atoms with Crippen molar-refractivity contribution in [1.82, 2.24) is 19.9 Å². The molecule has 5 heterocycles. The van der Waals surface area contributed by atoms with E-state index in [1.54, 1.807) is 7.11 Å². The number of aryl methyl sites for hydroxylation is 2. The van der Waals surface area contributed by atoms with Gasteiger partial charge in [-0.2, -0.15) is 0 Å². The molecular weight excluding hydrogens is 527 g/mol. The Morgan fingerprint density at radius 1 is 0.769 bits per heavy atom. The normalized spacial score (nSPS) is 12.5. The molecule has 6 rings (SSSR count). The van der Waals surface area contributed by atoms with Gasteiger partial charge in [-0.15, -0.1) is 0 Å². The molecule has 0 spiro atoms. The van der Waals surface area contributed by atoms with Crippen molar-refractivity contribution in [3.8, 4) is 16.9 Å². The largest absolute Gasteiger partial charge is 0.497 e. The molecule has 0 saturated carbocycles. The number of aromatic amines is 2. The molecule has 0 aliphatic carbocycles. The van der Waals surface area contributed by atoms with Gasteiger partial charge in [0.15, 0.2) is 0 Å². The predicted octanol–water partition coefficient (Wildman–Crippen LogP) is 8.37. The average Bonchev–Trinajstić information content (AvgIpc) is 3.69. The molecule has 3 aromatic heterocycles. The zero-order chi connectivity index (χ0) is 26.4. The summed E-state index contributed by atoms with van der Waals surface area (Å²) in [6, 6.07) is 18.9. The van der Waals surface area contributed by atoms with Crippen LogP contribution in [0.15, 0.2) is 54.6 Å². The summed E-state index contributed by atoms with van der Waals surface area (Å²) in [6.07, 6.45) is 6.07. The fourth-order valence-electron chi connectivity index (χ4n) is 5.61. The van der Waals surface area contributed by atoms with Crippen LogP contribution in [0.1, 0.15) is 61.1 Å². The van der Waals surface area contributed by atoms with Gasteiger partial charge in [0, 0.05) is 44.1 Å². The predicted molar refractivity (Wildman–Crippen MR) is 159 cm³/mol. The van der Waals surface area contributed by atoms with Gasteiger partial charge < -0.3 is 14.7 Å². The first-order valence-corrected chi connectivity index (χ1v) is 13.3. The summed E-state index contributed by atoms with van der Waals surface area (Å²) >= 11 is 0. The summed E-state index contributed by atoms with van der Waals surface area (Å²) < 4.78 is 5.40. The maximum Gasteiger partial charge on any atom is 0.118 e. The zero-order valence-corrected chi connectivity index (χ0v) is 23.9. The standard InChI is InChI=1S/C33H32N4O.Ni/c1-6-25-19(3)29-16-22-10-14-27(34-22)33(21-8-12-24(38-5)13-9-21)28-15-11-23(35-28)17-30-20(4)26(7-2)32(37-30)18-31(25)36-29;/h8-18,34,37H,6-7H2,1-5H3;. The molecule has 8 bridgehead atoms. The third-order valence-electron chi connectivity index (χ3n) is 7.68. The molecule has 5 nitrogen and oxygen atoms in total. The van der Waals surface area contributed by atoms with Crippen molar-refractivity contribution in [2.24, 2.45) is 0 Å².